The molecule has 1 aromatic heterocycles. The Morgan fingerprint density at radius 2 is 1.71 bits per heavy atom. The highest BCUT2D eigenvalue weighted by Gasteiger charge is 2.30. The number of nitrogens with one attached hydrogen (secondary N) is 1. The molecule has 0 aliphatic heterocycles. The van der Waals surface area contributed by atoms with E-state index in [1.54, 1.807) is 0 Å². The maximum Gasteiger partial charge on any atom is 0.416 e. The zero-order valence-corrected chi connectivity index (χ0v) is 11.1. The lowest BCUT2D eigenvalue weighted by molar-refractivity contribution is -0.137. The average Bonchev–Trinajstić information content (AvgIpc) is 2.86. The van der Waals surface area contributed by atoms with Crippen LogP contribution in [0.1, 0.15) is 26.3 Å². The van der Waals surface area contributed by atoms with E-state index >= 15 is 0 Å². The van der Waals surface area contributed by atoms with Gasteiger partial charge in [0.15, 0.2) is 0 Å². The molecule has 0 radical (unpaired) electrons. The van der Waals surface area contributed by atoms with E-state index in [1.807, 2.05) is 0 Å². The van der Waals surface area contributed by atoms with E-state index in [9.17, 15) is 22.8 Å². The second-order valence-corrected chi connectivity index (χ2v) is 4.91. The van der Waals surface area contributed by atoms with Crippen molar-refractivity contribution in [2.24, 2.45) is 0 Å². The van der Waals surface area contributed by atoms with Gasteiger partial charge in [0, 0.05) is 5.56 Å². The number of alkyl halides is 3. The molecule has 0 fully saturated rings. The molecule has 2 aromatic rings. The van der Waals surface area contributed by atoms with Gasteiger partial charge in [0.05, 0.1) is 11.1 Å². The normalized spacial score (nSPS) is 11.2. The number of carbonyl (C=O) groups is 2. The molecular formula is C13H8F3NO3S. The SMILES string of the molecule is O=C(Nc1sccc1C(=O)O)c1ccc(C(F)(F)F)cc1. The second-order valence-electron chi connectivity index (χ2n) is 4.00. The summed E-state index contributed by atoms with van der Waals surface area (Å²) in [7, 11) is 0. The summed E-state index contributed by atoms with van der Waals surface area (Å²) in [5, 5.41) is 12.9. The summed E-state index contributed by atoms with van der Waals surface area (Å²) in [6, 6.07) is 4.98. The maximum atomic E-state index is 12.4. The van der Waals surface area contributed by atoms with Gasteiger partial charge in [-0.1, -0.05) is 0 Å². The van der Waals surface area contributed by atoms with Gasteiger partial charge in [-0.3, -0.25) is 4.79 Å². The number of thiophene rings is 1. The molecule has 2 N–H and O–H groups in total. The van der Waals surface area contributed by atoms with Crippen molar-refractivity contribution in [2.45, 2.75) is 6.18 Å². The first-order chi connectivity index (χ1) is 9.79. The van der Waals surface area contributed by atoms with Crippen molar-refractivity contribution in [3.8, 4) is 0 Å². The molecule has 1 aromatic carbocycles. The molecule has 8 heteroatoms. The van der Waals surface area contributed by atoms with Gasteiger partial charge < -0.3 is 10.4 Å². The molecule has 0 unspecified atom stereocenters. The third kappa shape index (κ3) is 3.40. The molecule has 0 saturated carbocycles. The fraction of sp³-hybridized carbons (Fsp3) is 0.0769. The van der Waals surface area contributed by atoms with Crippen LogP contribution in [-0.4, -0.2) is 17.0 Å². The summed E-state index contributed by atoms with van der Waals surface area (Å²) in [6.45, 7) is 0. The van der Waals surface area contributed by atoms with E-state index in [0.717, 1.165) is 35.6 Å². The van der Waals surface area contributed by atoms with Crippen LogP contribution in [0.4, 0.5) is 18.2 Å². The zero-order chi connectivity index (χ0) is 15.6. The van der Waals surface area contributed by atoms with Crippen LogP contribution in [-0.2, 0) is 6.18 Å². The smallest absolute Gasteiger partial charge is 0.416 e. The lowest BCUT2D eigenvalue weighted by Gasteiger charge is -2.08. The monoisotopic (exact) mass is 315 g/mol. The predicted octanol–water partition coefficient (Wildman–Crippen LogP) is 3.72. The van der Waals surface area contributed by atoms with Gasteiger partial charge in [0.25, 0.3) is 5.91 Å². The minimum atomic E-state index is -4.47. The predicted molar refractivity (Wildman–Crippen MR) is 70.7 cm³/mol. The molecular weight excluding hydrogens is 307 g/mol. The number of carbonyl (C=O) groups excluding carboxylic acids is 1. The number of hydrogen-bond donors (Lipinski definition) is 2. The van der Waals surface area contributed by atoms with Crippen molar-refractivity contribution in [1.29, 1.82) is 0 Å². The van der Waals surface area contributed by atoms with Crippen molar-refractivity contribution in [2.75, 3.05) is 5.32 Å². The zero-order valence-electron chi connectivity index (χ0n) is 10.3. The number of rotatable bonds is 3. The van der Waals surface area contributed by atoms with Crippen LogP contribution in [0.5, 0.6) is 0 Å². The van der Waals surface area contributed by atoms with E-state index in [2.05, 4.69) is 5.32 Å². The fourth-order valence-electron chi connectivity index (χ4n) is 1.56. The molecule has 1 heterocycles. The Balaban J connectivity index is 2.17. The minimum absolute atomic E-state index is 0.00717. The average molecular weight is 315 g/mol. The molecule has 4 nitrogen and oxygen atoms in total. The molecule has 21 heavy (non-hydrogen) atoms. The van der Waals surface area contributed by atoms with Gasteiger partial charge in [-0.25, -0.2) is 4.79 Å². The van der Waals surface area contributed by atoms with Crippen LogP contribution >= 0.6 is 11.3 Å². The van der Waals surface area contributed by atoms with Gasteiger partial charge in [-0.15, -0.1) is 11.3 Å². The number of aromatic carboxylic acids is 1. The van der Waals surface area contributed by atoms with Crippen molar-refractivity contribution in [3.63, 3.8) is 0 Å². The largest absolute Gasteiger partial charge is 0.478 e. The van der Waals surface area contributed by atoms with Crippen molar-refractivity contribution in [1.82, 2.24) is 0 Å². The van der Waals surface area contributed by atoms with Crippen LogP contribution in [0.15, 0.2) is 35.7 Å². The van der Waals surface area contributed by atoms with E-state index in [4.69, 9.17) is 5.11 Å². The molecule has 1 amide bonds. The number of benzene rings is 1. The lowest BCUT2D eigenvalue weighted by Crippen LogP contribution is -2.14. The van der Waals surface area contributed by atoms with Crippen molar-refractivity contribution < 1.29 is 27.9 Å². The second kappa shape index (κ2) is 5.57. The van der Waals surface area contributed by atoms with E-state index < -0.39 is 23.6 Å². The summed E-state index contributed by atoms with van der Waals surface area (Å²) in [5.74, 6) is -1.87. The molecule has 0 aliphatic rings. The highest BCUT2D eigenvalue weighted by atomic mass is 32.1. The molecule has 0 aliphatic carbocycles. The maximum absolute atomic E-state index is 12.4. The molecule has 110 valence electrons. The van der Waals surface area contributed by atoms with Gasteiger partial charge in [-0.05, 0) is 35.7 Å². The first-order valence-electron chi connectivity index (χ1n) is 5.58. The molecule has 0 spiro atoms. The number of anilines is 1. The number of carboxylic acid groups (broad SMARTS) is 1. The number of hydrogen-bond acceptors (Lipinski definition) is 3. The Kier molecular flexibility index (Phi) is 3.99. The molecule has 0 saturated heterocycles. The van der Waals surface area contributed by atoms with Crippen molar-refractivity contribution in [3.05, 3.63) is 52.4 Å². The minimum Gasteiger partial charge on any atom is -0.478 e. The Hall–Kier alpha value is -2.35. The topological polar surface area (TPSA) is 66.4 Å². The number of halogens is 3. The Morgan fingerprint density at radius 3 is 2.24 bits per heavy atom. The number of amides is 1. The highest BCUT2D eigenvalue weighted by Crippen LogP contribution is 2.29. The Morgan fingerprint density at radius 1 is 1.10 bits per heavy atom. The molecule has 0 atom stereocenters. The van der Waals surface area contributed by atoms with Gasteiger partial charge in [0.2, 0.25) is 0 Å². The lowest BCUT2D eigenvalue weighted by atomic mass is 10.1. The van der Waals surface area contributed by atoms with E-state index in [0.29, 0.717) is 0 Å². The third-order valence-electron chi connectivity index (χ3n) is 2.60. The molecule has 0 bridgehead atoms. The summed E-state index contributed by atoms with van der Waals surface area (Å²) >= 11 is 1.02. The fourth-order valence-corrected chi connectivity index (χ4v) is 2.33. The summed E-state index contributed by atoms with van der Waals surface area (Å²) < 4.78 is 37.2. The van der Waals surface area contributed by atoms with E-state index in [-0.39, 0.29) is 16.1 Å². The van der Waals surface area contributed by atoms with Gasteiger partial charge in [-0.2, -0.15) is 13.2 Å². The van der Waals surface area contributed by atoms with Crippen LogP contribution in [0.25, 0.3) is 0 Å². The van der Waals surface area contributed by atoms with Crippen LogP contribution in [0.3, 0.4) is 0 Å². The van der Waals surface area contributed by atoms with Gasteiger partial charge in [0.1, 0.15) is 5.00 Å². The number of carboxylic acids is 1. The van der Waals surface area contributed by atoms with Crippen LogP contribution in [0, 0.1) is 0 Å². The van der Waals surface area contributed by atoms with Crippen LogP contribution in [0.2, 0.25) is 0 Å². The Labute approximate surface area is 120 Å². The Bertz CT molecular complexity index is 677. The highest BCUT2D eigenvalue weighted by molar-refractivity contribution is 7.14. The van der Waals surface area contributed by atoms with E-state index in [1.165, 1.54) is 11.4 Å². The standard InChI is InChI=1S/C13H8F3NO3S/c14-13(15,16)8-3-1-7(2-4-8)10(18)17-11-9(12(19)20)5-6-21-11/h1-6H,(H,17,18)(H,19,20). The first kappa shape index (κ1) is 15.0. The van der Waals surface area contributed by atoms with Crippen LogP contribution < -0.4 is 5.32 Å². The van der Waals surface area contributed by atoms with Crippen molar-refractivity contribution >= 4 is 28.2 Å². The quantitative estimate of drug-likeness (QED) is 0.907. The summed E-state index contributed by atoms with van der Waals surface area (Å²) in [6.07, 6.45) is -4.47. The third-order valence-corrected chi connectivity index (χ3v) is 3.43. The first-order valence-corrected chi connectivity index (χ1v) is 6.46. The molecule has 2 rings (SSSR count). The summed E-state index contributed by atoms with van der Waals surface area (Å²) in [4.78, 5) is 22.8. The summed E-state index contributed by atoms with van der Waals surface area (Å²) in [5.41, 5.74) is -0.922. The van der Waals surface area contributed by atoms with Gasteiger partial charge >= 0.3 is 12.1 Å².